The summed E-state index contributed by atoms with van der Waals surface area (Å²) in [6.07, 6.45) is 1.04. The molecule has 48 heavy (non-hydrogen) atoms. The SMILES string of the molecule is CC(=O)OC[C@@]1(C)[C@@H]2C[C@H](OC(=O)c3ccc(O)cc3)[C@@]3(C)Oc4cc(-c5cccnc5)oc(=O)c4[C@H](O)[C@@H]3[C@@]2(C)CC[C@@H]1OC(C)=O. The number of benzene rings is 1. The van der Waals surface area contributed by atoms with Gasteiger partial charge in [-0.2, -0.15) is 0 Å². The van der Waals surface area contributed by atoms with Crippen molar-refractivity contribution in [2.45, 2.75) is 77.8 Å². The highest BCUT2D eigenvalue weighted by atomic mass is 16.6. The van der Waals surface area contributed by atoms with Gasteiger partial charge in [0.2, 0.25) is 0 Å². The number of aromatic hydroxyl groups is 1. The van der Waals surface area contributed by atoms with E-state index >= 15 is 0 Å². The van der Waals surface area contributed by atoms with Crippen LogP contribution in [-0.2, 0) is 23.8 Å². The zero-order valence-electron chi connectivity index (χ0n) is 27.4. The van der Waals surface area contributed by atoms with E-state index in [1.54, 1.807) is 25.3 Å². The lowest BCUT2D eigenvalue weighted by Gasteiger charge is -2.66. The molecule has 6 rings (SSSR count). The molecule has 2 N–H and O–H groups in total. The molecule has 0 spiro atoms. The third-order valence-electron chi connectivity index (χ3n) is 10.8. The lowest BCUT2D eigenvalue weighted by Crippen LogP contribution is -2.71. The minimum atomic E-state index is -1.41. The first-order valence-corrected chi connectivity index (χ1v) is 15.9. The van der Waals surface area contributed by atoms with Crippen LogP contribution in [0.15, 0.2) is 64.1 Å². The number of rotatable bonds is 6. The first-order valence-electron chi connectivity index (χ1n) is 15.9. The molecule has 1 aromatic carbocycles. The molecule has 12 heteroatoms. The lowest BCUT2D eigenvalue weighted by molar-refractivity contribution is -0.266. The molecule has 0 radical (unpaired) electrons. The van der Waals surface area contributed by atoms with E-state index in [1.807, 2.05) is 13.8 Å². The molecule has 0 saturated heterocycles. The largest absolute Gasteiger partial charge is 0.508 e. The summed E-state index contributed by atoms with van der Waals surface area (Å²) in [6, 6.07) is 10.6. The Labute approximate surface area is 277 Å². The number of carbonyl (C=O) groups excluding carboxylic acids is 3. The summed E-state index contributed by atoms with van der Waals surface area (Å²) in [5.41, 5.74) is -3.29. The van der Waals surface area contributed by atoms with E-state index in [0.717, 1.165) is 0 Å². The first kappa shape index (κ1) is 33.2. The molecule has 8 atom stereocenters. The van der Waals surface area contributed by atoms with Crippen molar-refractivity contribution < 1.29 is 48.0 Å². The molecule has 2 saturated carbocycles. The Hall–Kier alpha value is -4.71. The molecule has 0 unspecified atom stereocenters. The lowest BCUT2D eigenvalue weighted by atomic mass is 9.42. The maximum atomic E-state index is 13.7. The summed E-state index contributed by atoms with van der Waals surface area (Å²) >= 11 is 0. The van der Waals surface area contributed by atoms with E-state index in [9.17, 15) is 29.4 Å². The number of phenolic OH excluding ortho intramolecular Hbond substituents is 1. The van der Waals surface area contributed by atoms with Crippen LogP contribution in [0.2, 0.25) is 0 Å². The van der Waals surface area contributed by atoms with Crippen molar-refractivity contribution in [3.63, 3.8) is 0 Å². The van der Waals surface area contributed by atoms with Crippen LogP contribution >= 0.6 is 0 Å². The van der Waals surface area contributed by atoms with E-state index in [1.165, 1.54) is 50.4 Å². The number of esters is 3. The predicted octanol–water partition coefficient (Wildman–Crippen LogP) is 4.75. The average Bonchev–Trinajstić information content (AvgIpc) is 3.02. The third kappa shape index (κ3) is 5.51. The van der Waals surface area contributed by atoms with Crippen LogP contribution in [0.4, 0.5) is 0 Å². The van der Waals surface area contributed by atoms with Gasteiger partial charge in [0.05, 0.1) is 11.7 Å². The van der Waals surface area contributed by atoms with Crippen molar-refractivity contribution in [3.8, 4) is 22.8 Å². The van der Waals surface area contributed by atoms with Crippen molar-refractivity contribution in [1.29, 1.82) is 0 Å². The number of ether oxygens (including phenoxy) is 4. The maximum absolute atomic E-state index is 13.7. The van der Waals surface area contributed by atoms with E-state index < -0.39 is 70.1 Å². The Morgan fingerprint density at radius 1 is 1.02 bits per heavy atom. The topological polar surface area (TPSA) is 172 Å². The van der Waals surface area contributed by atoms with Gasteiger partial charge < -0.3 is 33.6 Å². The molecule has 2 fully saturated rings. The highest BCUT2D eigenvalue weighted by Crippen LogP contribution is 2.67. The fraction of sp³-hybridized carbons (Fsp3) is 0.472. The summed E-state index contributed by atoms with van der Waals surface area (Å²) in [5, 5.41) is 22.1. The summed E-state index contributed by atoms with van der Waals surface area (Å²) < 4.78 is 30.1. The second-order valence-electron chi connectivity index (χ2n) is 13.8. The van der Waals surface area contributed by atoms with Crippen LogP contribution in [0.1, 0.15) is 75.9 Å². The normalized spacial score (nSPS) is 32.0. The quantitative estimate of drug-likeness (QED) is 0.275. The number of carbonyl (C=O) groups is 3. The minimum absolute atomic E-state index is 0.0226. The van der Waals surface area contributed by atoms with Gasteiger partial charge in [0.15, 0.2) is 0 Å². The average molecular weight is 662 g/mol. The highest BCUT2D eigenvalue weighted by molar-refractivity contribution is 5.89. The van der Waals surface area contributed by atoms with Gasteiger partial charge in [-0.25, -0.2) is 9.59 Å². The number of pyridine rings is 1. The molecule has 1 aliphatic heterocycles. The van der Waals surface area contributed by atoms with Crippen LogP contribution in [0.25, 0.3) is 11.3 Å². The second kappa shape index (κ2) is 12.1. The standard InChI is InChI=1S/C36H39NO11/c1-19(38)44-18-35(4)26-16-28(47-32(42)21-8-10-23(40)11-9-21)36(5)31(34(26,3)13-12-27(35)45-20(2)39)30(41)29-25(48-36)15-24(46-33(29)43)22-7-6-14-37-17-22/h6-11,14-15,17,26-28,30-31,40-41H,12-13,16,18H2,1-5H3/t26-,27+,28+,30+,31-,34+,35+,36-/m1/s1. The Bertz CT molecular complexity index is 1790. The molecule has 2 aromatic heterocycles. The molecule has 2 aliphatic carbocycles. The van der Waals surface area contributed by atoms with Crippen molar-refractivity contribution in [3.05, 3.63) is 76.4 Å². The predicted molar refractivity (Wildman–Crippen MR) is 169 cm³/mol. The second-order valence-corrected chi connectivity index (χ2v) is 13.8. The van der Waals surface area contributed by atoms with Crippen LogP contribution in [-0.4, -0.2) is 57.5 Å². The monoisotopic (exact) mass is 661 g/mol. The van der Waals surface area contributed by atoms with Gasteiger partial charge in [0.1, 0.15) is 47.2 Å². The number of hydrogen-bond donors (Lipinski definition) is 2. The molecule has 254 valence electrons. The van der Waals surface area contributed by atoms with E-state index in [0.29, 0.717) is 18.4 Å². The van der Waals surface area contributed by atoms with E-state index in [-0.39, 0.29) is 41.4 Å². The highest BCUT2D eigenvalue weighted by Gasteiger charge is 2.71. The molecular formula is C36H39NO11. The zero-order chi connectivity index (χ0) is 34.6. The third-order valence-corrected chi connectivity index (χ3v) is 10.8. The van der Waals surface area contributed by atoms with Crippen LogP contribution < -0.4 is 10.4 Å². The van der Waals surface area contributed by atoms with Crippen LogP contribution in [0.5, 0.6) is 11.5 Å². The van der Waals surface area contributed by atoms with Gasteiger partial charge in [0, 0.05) is 49.2 Å². The number of nitrogens with zero attached hydrogens (tertiary/aromatic N) is 1. The van der Waals surface area contributed by atoms with Crippen molar-refractivity contribution in [1.82, 2.24) is 4.98 Å². The van der Waals surface area contributed by atoms with Gasteiger partial charge in [0.25, 0.3) is 0 Å². The Morgan fingerprint density at radius 3 is 2.40 bits per heavy atom. The summed E-state index contributed by atoms with van der Waals surface area (Å²) in [6.45, 7) is 8.12. The Balaban J connectivity index is 1.50. The molecule has 0 amide bonds. The summed E-state index contributed by atoms with van der Waals surface area (Å²) in [7, 11) is 0. The van der Waals surface area contributed by atoms with Crippen molar-refractivity contribution in [2.75, 3.05) is 6.61 Å². The van der Waals surface area contributed by atoms with E-state index in [4.69, 9.17) is 23.4 Å². The zero-order valence-corrected chi connectivity index (χ0v) is 27.4. The summed E-state index contributed by atoms with van der Waals surface area (Å²) in [5.74, 6) is -2.75. The smallest absolute Gasteiger partial charge is 0.345 e. The molecule has 3 heterocycles. The molecular weight excluding hydrogens is 622 g/mol. The van der Waals surface area contributed by atoms with Gasteiger partial charge in [-0.3, -0.25) is 14.6 Å². The van der Waals surface area contributed by atoms with Crippen LogP contribution in [0, 0.1) is 22.7 Å². The number of aliphatic hydroxyl groups is 1. The maximum Gasteiger partial charge on any atom is 0.345 e. The molecule has 12 nitrogen and oxygen atoms in total. The number of phenols is 1. The fourth-order valence-electron chi connectivity index (χ4n) is 8.63. The van der Waals surface area contributed by atoms with Crippen molar-refractivity contribution >= 4 is 17.9 Å². The van der Waals surface area contributed by atoms with Crippen molar-refractivity contribution in [2.24, 2.45) is 22.7 Å². The number of aliphatic hydroxyl groups excluding tert-OH is 1. The fourth-order valence-corrected chi connectivity index (χ4v) is 8.63. The molecule has 3 aromatic rings. The Kier molecular flexibility index (Phi) is 8.35. The first-order chi connectivity index (χ1) is 22.7. The van der Waals surface area contributed by atoms with Gasteiger partial charge in [-0.1, -0.05) is 13.8 Å². The molecule has 0 bridgehead atoms. The van der Waals surface area contributed by atoms with Gasteiger partial charge >= 0.3 is 23.5 Å². The van der Waals surface area contributed by atoms with Gasteiger partial charge in [-0.15, -0.1) is 0 Å². The number of fused-ring (bicyclic) bond motifs is 4. The summed E-state index contributed by atoms with van der Waals surface area (Å²) in [4.78, 5) is 55.8. The van der Waals surface area contributed by atoms with Gasteiger partial charge in [-0.05, 0) is 73.9 Å². The minimum Gasteiger partial charge on any atom is -0.508 e. The number of aromatic nitrogens is 1. The van der Waals surface area contributed by atoms with E-state index in [2.05, 4.69) is 4.98 Å². The van der Waals surface area contributed by atoms with Crippen LogP contribution in [0.3, 0.4) is 0 Å². The molecule has 3 aliphatic rings. The number of hydrogen-bond acceptors (Lipinski definition) is 12. The Morgan fingerprint density at radius 2 is 1.75 bits per heavy atom.